The molecule has 0 bridgehead atoms. The standard InChI is InChI=1S/C26H19BrCl3IN2O3S/c1-3-35-22-10-15(9-21(31)24(22)36-13-14-4-7-18(28)20(30)8-14)11-23-25(34)33(2)26(37-23)32-16-5-6-17(27)19(29)12-16/h4-12H,3,13H2,1-2H3/b23-11+,32-26?. The van der Waals surface area contributed by atoms with E-state index >= 15 is 0 Å². The molecule has 37 heavy (non-hydrogen) atoms. The summed E-state index contributed by atoms with van der Waals surface area (Å²) in [4.78, 5) is 19.6. The fourth-order valence-corrected chi connectivity index (χ4v) is 5.84. The first-order chi connectivity index (χ1) is 17.7. The Morgan fingerprint density at radius 1 is 1.05 bits per heavy atom. The van der Waals surface area contributed by atoms with Crippen LogP contribution in [0.4, 0.5) is 5.69 Å². The molecule has 0 aliphatic carbocycles. The lowest BCUT2D eigenvalue weighted by atomic mass is 10.1. The van der Waals surface area contributed by atoms with Crippen LogP contribution in [-0.4, -0.2) is 29.6 Å². The number of thioether (sulfide) groups is 1. The van der Waals surface area contributed by atoms with Crippen LogP contribution in [0.2, 0.25) is 15.1 Å². The van der Waals surface area contributed by atoms with E-state index in [4.69, 9.17) is 44.3 Å². The highest BCUT2D eigenvalue weighted by Crippen LogP contribution is 2.39. The van der Waals surface area contributed by atoms with Crippen molar-refractivity contribution in [2.75, 3.05) is 13.7 Å². The summed E-state index contributed by atoms with van der Waals surface area (Å²) in [7, 11) is 1.70. The number of amidine groups is 1. The fraction of sp³-hybridized carbons (Fsp3) is 0.154. The molecule has 4 rings (SSSR count). The molecule has 0 saturated carbocycles. The molecule has 0 radical (unpaired) electrons. The molecule has 0 aromatic heterocycles. The zero-order chi connectivity index (χ0) is 26.7. The largest absolute Gasteiger partial charge is 0.490 e. The SMILES string of the molecule is CCOc1cc(/C=C2/SC(=Nc3ccc(Br)c(Cl)c3)N(C)C2=O)cc(I)c1OCc1ccc(Cl)c(Cl)c1. The van der Waals surface area contributed by atoms with Crippen molar-refractivity contribution < 1.29 is 14.3 Å². The van der Waals surface area contributed by atoms with Crippen molar-refractivity contribution >= 4 is 108 Å². The number of hydrogen-bond donors (Lipinski definition) is 0. The number of carbonyl (C=O) groups excluding carboxylic acids is 1. The smallest absolute Gasteiger partial charge is 0.266 e. The van der Waals surface area contributed by atoms with E-state index < -0.39 is 0 Å². The minimum atomic E-state index is -0.139. The van der Waals surface area contributed by atoms with E-state index in [-0.39, 0.29) is 5.91 Å². The summed E-state index contributed by atoms with van der Waals surface area (Å²) in [6.07, 6.45) is 1.83. The lowest BCUT2D eigenvalue weighted by Crippen LogP contribution is -2.23. The van der Waals surface area contributed by atoms with E-state index in [1.54, 1.807) is 25.2 Å². The van der Waals surface area contributed by atoms with Gasteiger partial charge in [0.1, 0.15) is 6.61 Å². The highest BCUT2D eigenvalue weighted by molar-refractivity contribution is 14.1. The second-order valence-corrected chi connectivity index (χ2v) is 12.0. The van der Waals surface area contributed by atoms with Crippen LogP contribution in [0, 0.1) is 3.57 Å². The van der Waals surface area contributed by atoms with E-state index in [1.165, 1.54) is 16.7 Å². The third-order valence-electron chi connectivity index (χ3n) is 5.13. The Kier molecular flexibility index (Phi) is 9.74. The van der Waals surface area contributed by atoms with Crippen molar-refractivity contribution in [1.29, 1.82) is 0 Å². The number of aliphatic imine (C=N–C) groups is 1. The van der Waals surface area contributed by atoms with Crippen molar-refractivity contribution in [3.05, 3.63) is 87.7 Å². The van der Waals surface area contributed by atoms with Crippen LogP contribution < -0.4 is 9.47 Å². The van der Waals surface area contributed by atoms with Crippen LogP contribution in [-0.2, 0) is 11.4 Å². The Hall–Kier alpha value is -1.43. The maximum atomic E-state index is 12.9. The molecule has 11 heteroatoms. The topological polar surface area (TPSA) is 51.1 Å². The number of halogens is 5. The minimum Gasteiger partial charge on any atom is -0.490 e. The van der Waals surface area contributed by atoms with Crippen molar-refractivity contribution in [2.24, 2.45) is 4.99 Å². The monoisotopic (exact) mass is 750 g/mol. The number of likely N-dealkylation sites (N-methyl/N-ethyl adjacent to an activating group) is 1. The van der Waals surface area contributed by atoms with Crippen LogP contribution in [0.25, 0.3) is 6.08 Å². The van der Waals surface area contributed by atoms with Crippen LogP contribution in [0.1, 0.15) is 18.1 Å². The van der Waals surface area contributed by atoms with Gasteiger partial charge in [0.15, 0.2) is 16.7 Å². The molecule has 0 unspecified atom stereocenters. The summed E-state index contributed by atoms with van der Waals surface area (Å²) < 4.78 is 13.6. The van der Waals surface area contributed by atoms with Crippen molar-refractivity contribution in [3.8, 4) is 11.5 Å². The Labute approximate surface area is 256 Å². The van der Waals surface area contributed by atoms with Crippen molar-refractivity contribution in [3.63, 3.8) is 0 Å². The second kappa shape index (κ2) is 12.6. The van der Waals surface area contributed by atoms with Gasteiger partial charge in [0.05, 0.1) is 35.8 Å². The van der Waals surface area contributed by atoms with Gasteiger partial charge in [-0.25, -0.2) is 4.99 Å². The number of ether oxygens (including phenoxy) is 2. The Bertz CT molecular complexity index is 1430. The Balaban J connectivity index is 1.59. The Morgan fingerprint density at radius 3 is 2.54 bits per heavy atom. The van der Waals surface area contributed by atoms with E-state index in [9.17, 15) is 4.79 Å². The second-order valence-electron chi connectivity index (χ2n) is 7.77. The molecular weight excluding hydrogens is 734 g/mol. The minimum absolute atomic E-state index is 0.139. The first-order valence-electron chi connectivity index (χ1n) is 10.9. The number of hydrogen-bond acceptors (Lipinski definition) is 5. The average Bonchev–Trinajstić information content (AvgIpc) is 3.11. The molecule has 1 fully saturated rings. The number of carbonyl (C=O) groups is 1. The molecule has 5 nitrogen and oxygen atoms in total. The van der Waals surface area contributed by atoms with Gasteiger partial charge in [-0.15, -0.1) is 0 Å². The van der Waals surface area contributed by atoms with Crippen molar-refractivity contribution in [1.82, 2.24) is 4.90 Å². The maximum Gasteiger partial charge on any atom is 0.266 e. The summed E-state index contributed by atoms with van der Waals surface area (Å²) in [5.41, 5.74) is 2.36. The van der Waals surface area contributed by atoms with E-state index in [2.05, 4.69) is 43.5 Å². The molecule has 3 aromatic rings. The molecule has 0 spiro atoms. The predicted octanol–water partition coefficient (Wildman–Crippen LogP) is 9.23. The summed E-state index contributed by atoms with van der Waals surface area (Å²) >= 11 is 25.2. The van der Waals surface area contributed by atoms with Gasteiger partial charge in [0.2, 0.25) is 0 Å². The predicted molar refractivity (Wildman–Crippen MR) is 166 cm³/mol. The normalized spacial score (nSPS) is 15.6. The Morgan fingerprint density at radius 2 is 1.84 bits per heavy atom. The van der Waals surface area contributed by atoms with Gasteiger partial charge in [-0.2, -0.15) is 0 Å². The summed E-state index contributed by atoms with van der Waals surface area (Å²) in [5, 5.41) is 2.08. The van der Waals surface area contributed by atoms with Crippen LogP contribution in [0.3, 0.4) is 0 Å². The molecule has 1 aliphatic rings. The molecular formula is C26H19BrCl3IN2O3S. The van der Waals surface area contributed by atoms with Gasteiger partial charge in [0, 0.05) is 11.5 Å². The van der Waals surface area contributed by atoms with Gasteiger partial charge < -0.3 is 9.47 Å². The summed E-state index contributed by atoms with van der Waals surface area (Å²) in [6.45, 7) is 2.66. The molecule has 192 valence electrons. The average molecular weight is 753 g/mol. The molecule has 0 atom stereocenters. The molecule has 0 N–H and O–H groups in total. The molecule has 3 aromatic carbocycles. The highest BCUT2D eigenvalue weighted by Gasteiger charge is 2.30. The van der Waals surface area contributed by atoms with Crippen molar-refractivity contribution in [2.45, 2.75) is 13.5 Å². The number of rotatable bonds is 7. The molecule has 1 heterocycles. The highest BCUT2D eigenvalue weighted by atomic mass is 127. The van der Waals surface area contributed by atoms with Crippen LogP contribution in [0.15, 0.2) is 62.9 Å². The van der Waals surface area contributed by atoms with Gasteiger partial charge in [-0.3, -0.25) is 9.69 Å². The number of nitrogens with zero attached hydrogens (tertiary/aromatic N) is 2. The van der Waals surface area contributed by atoms with Gasteiger partial charge in [0.25, 0.3) is 5.91 Å². The quantitative estimate of drug-likeness (QED) is 0.179. The van der Waals surface area contributed by atoms with E-state index in [0.29, 0.717) is 55.5 Å². The first-order valence-corrected chi connectivity index (χ1v) is 14.7. The van der Waals surface area contributed by atoms with Gasteiger partial charge in [-0.05, 0) is 117 Å². The zero-order valence-corrected chi connectivity index (χ0v) is 26.4. The third-order valence-corrected chi connectivity index (χ3v) is 8.96. The maximum absolute atomic E-state index is 12.9. The molecule has 1 amide bonds. The number of amides is 1. The summed E-state index contributed by atoms with van der Waals surface area (Å²) in [6, 6.07) is 14.6. The zero-order valence-electron chi connectivity index (χ0n) is 19.5. The lowest BCUT2D eigenvalue weighted by Gasteiger charge is -2.15. The third kappa shape index (κ3) is 6.96. The lowest BCUT2D eigenvalue weighted by molar-refractivity contribution is -0.121. The molecule has 1 saturated heterocycles. The first kappa shape index (κ1) is 28.6. The van der Waals surface area contributed by atoms with Gasteiger partial charge in [-0.1, -0.05) is 40.9 Å². The van der Waals surface area contributed by atoms with Crippen LogP contribution >= 0.6 is 85.1 Å². The molecule has 1 aliphatic heterocycles. The van der Waals surface area contributed by atoms with Gasteiger partial charge >= 0.3 is 0 Å². The van der Waals surface area contributed by atoms with E-state index in [0.717, 1.165) is 19.2 Å². The van der Waals surface area contributed by atoms with E-state index in [1.807, 2.05) is 43.3 Å². The fourth-order valence-electron chi connectivity index (χ4n) is 3.33. The number of benzene rings is 3. The van der Waals surface area contributed by atoms with Crippen LogP contribution in [0.5, 0.6) is 11.5 Å². The summed E-state index contributed by atoms with van der Waals surface area (Å²) in [5.74, 6) is 1.07.